The van der Waals surface area contributed by atoms with Gasteiger partial charge in [-0.25, -0.2) is 0 Å². The highest BCUT2D eigenvalue weighted by Crippen LogP contribution is 2.44. The summed E-state index contributed by atoms with van der Waals surface area (Å²) >= 11 is 0. The van der Waals surface area contributed by atoms with E-state index < -0.39 is 0 Å². The van der Waals surface area contributed by atoms with E-state index in [4.69, 9.17) is 19.3 Å². The molecule has 2 radical (unpaired) electrons. The van der Waals surface area contributed by atoms with E-state index in [-0.39, 0.29) is 0 Å². The van der Waals surface area contributed by atoms with Crippen molar-refractivity contribution in [2.45, 2.75) is 69.5 Å². The van der Waals surface area contributed by atoms with E-state index in [9.17, 15) is 0 Å². The van der Waals surface area contributed by atoms with Crippen LogP contribution in [0.15, 0.2) is 42.5 Å². The molecule has 2 nitrogen and oxygen atoms in total. The average Bonchev–Trinajstić information content (AvgIpc) is 2.69. The van der Waals surface area contributed by atoms with Crippen molar-refractivity contribution in [2.24, 2.45) is 11.8 Å². The Morgan fingerprint density at radius 3 is 1.79 bits per heavy atom. The Balaban J connectivity index is 1.32. The van der Waals surface area contributed by atoms with E-state index in [0.29, 0.717) is 5.82 Å². The van der Waals surface area contributed by atoms with E-state index in [2.05, 4.69) is 24.3 Å². The van der Waals surface area contributed by atoms with E-state index in [1.807, 2.05) is 18.2 Å². The van der Waals surface area contributed by atoms with Crippen LogP contribution in [-0.4, -0.2) is 7.85 Å². The van der Waals surface area contributed by atoms with Crippen molar-refractivity contribution in [3.05, 3.63) is 59.2 Å². The molecule has 4 N–H and O–H groups in total. The minimum Gasteiger partial charge on any atom is -0.399 e. The number of anilines is 2. The maximum atomic E-state index is 6.09. The van der Waals surface area contributed by atoms with Crippen LogP contribution in [0.1, 0.15) is 74.0 Å². The third-order valence-electron chi connectivity index (χ3n) is 7.15. The number of nitrogen functional groups attached to an aromatic ring is 2. The molecule has 0 aliphatic heterocycles. The van der Waals surface area contributed by atoms with E-state index in [1.165, 1.54) is 68.1 Å². The van der Waals surface area contributed by atoms with Crippen molar-refractivity contribution in [3.8, 4) is 0 Å². The second-order valence-corrected chi connectivity index (χ2v) is 9.21. The first-order chi connectivity index (χ1) is 13.6. The molecule has 3 heteroatoms. The molecule has 0 amide bonds. The monoisotopic (exact) mass is 372 g/mol. The highest BCUT2D eigenvalue weighted by molar-refractivity contribution is 6.11. The van der Waals surface area contributed by atoms with E-state index in [1.54, 1.807) is 0 Å². The van der Waals surface area contributed by atoms with Gasteiger partial charge in [-0.2, -0.15) is 0 Å². The number of rotatable bonds is 4. The highest BCUT2D eigenvalue weighted by atomic mass is 14.6. The van der Waals surface area contributed by atoms with Crippen LogP contribution in [0.25, 0.3) is 0 Å². The fourth-order valence-electron chi connectivity index (χ4n) is 5.53. The summed E-state index contributed by atoms with van der Waals surface area (Å²) in [6.45, 7) is 0. The lowest BCUT2D eigenvalue weighted by molar-refractivity contribution is 0.186. The SMILES string of the molecule is [B]C1CCC(C2CCC(c3ccc(Cc4cc(N)cc(N)c4)cc3)CC2)CC1. The van der Waals surface area contributed by atoms with Crippen LogP contribution in [0, 0.1) is 11.8 Å². The fraction of sp³-hybridized carbons (Fsp3) is 0.520. The zero-order valence-corrected chi connectivity index (χ0v) is 16.9. The van der Waals surface area contributed by atoms with Crippen molar-refractivity contribution < 1.29 is 0 Å². The van der Waals surface area contributed by atoms with Crippen LogP contribution < -0.4 is 11.5 Å². The van der Waals surface area contributed by atoms with Crippen LogP contribution in [0.3, 0.4) is 0 Å². The Kier molecular flexibility index (Phi) is 5.99. The van der Waals surface area contributed by atoms with E-state index in [0.717, 1.165) is 35.5 Å². The molecule has 28 heavy (non-hydrogen) atoms. The molecule has 2 aromatic rings. The largest absolute Gasteiger partial charge is 0.399 e. The molecule has 2 aliphatic carbocycles. The van der Waals surface area contributed by atoms with Gasteiger partial charge in [-0.15, -0.1) is 0 Å². The number of hydrogen-bond acceptors (Lipinski definition) is 2. The zero-order valence-electron chi connectivity index (χ0n) is 16.9. The first kappa shape index (κ1) is 19.4. The van der Waals surface area contributed by atoms with Gasteiger partial charge in [0.25, 0.3) is 0 Å². The van der Waals surface area contributed by atoms with Gasteiger partial charge in [0.2, 0.25) is 0 Å². The maximum Gasteiger partial charge on any atom is 0.0699 e. The Morgan fingerprint density at radius 1 is 0.679 bits per heavy atom. The molecule has 4 rings (SSSR count). The molecule has 2 aromatic carbocycles. The summed E-state index contributed by atoms with van der Waals surface area (Å²) in [5.74, 6) is 3.08. The van der Waals surface area contributed by atoms with Gasteiger partial charge in [-0.3, -0.25) is 0 Å². The molecule has 0 aromatic heterocycles. The quantitative estimate of drug-likeness (QED) is 0.521. The predicted molar refractivity (Wildman–Crippen MR) is 121 cm³/mol. The van der Waals surface area contributed by atoms with Crippen molar-refractivity contribution in [3.63, 3.8) is 0 Å². The number of hydrogen-bond donors (Lipinski definition) is 2. The highest BCUT2D eigenvalue weighted by Gasteiger charge is 2.30. The van der Waals surface area contributed by atoms with Crippen molar-refractivity contribution >= 4 is 19.2 Å². The smallest absolute Gasteiger partial charge is 0.0699 e. The van der Waals surface area contributed by atoms with Gasteiger partial charge in [0.05, 0.1) is 7.85 Å². The van der Waals surface area contributed by atoms with Gasteiger partial charge in [0, 0.05) is 11.4 Å². The van der Waals surface area contributed by atoms with E-state index >= 15 is 0 Å². The lowest BCUT2D eigenvalue weighted by atomic mass is 9.65. The molecule has 0 spiro atoms. The molecule has 2 saturated carbocycles. The normalized spacial score (nSPS) is 28.1. The molecular weight excluding hydrogens is 339 g/mol. The minimum absolute atomic E-state index is 0.467. The van der Waals surface area contributed by atoms with Crippen LogP contribution in [0.4, 0.5) is 11.4 Å². The first-order valence-corrected chi connectivity index (χ1v) is 11.1. The summed E-state index contributed by atoms with van der Waals surface area (Å²) in [6, 6.07) is 15.1. The summed E-state index contributed by atoms with van der Waals surface area (Å²) in [6.07, 6.45) is 11.6. The fourth-order valence-corrected chi connectivity index (χ4v) is 5.53. The van der Waals surface area contributed by atoms with Crippen molar-refractivity contribution in [2.75, 3.05) is 11.5 Å². The molecule has 146 valence electrons. The second kappa shape index (κ2) is 8.63. The van der Waals surface area contributed by atoms with Gasteiger partial charge < -0.3 is 11.5 Å². The summed E-state index contributed by atoms with van der Waals surface area (Å²) < 4.78 is 0. The van der Waals surface area contributed by atoms with Gasteiger partial charge in [-0.05, 0) is 84.7 Å². The summed E-state index contributed by atoms with van der Waals surface area (Å²) in [5.41, 5.74) is 17.3. The van der Waals surface area contributed by atoms with Crippen LogP contribution in [-0.2, 0) is 6.42 Å². The third-order valence-corrected chi connectivity index (χ3v) is 7.15. The third kappa shape index (κ3) is 4.74. The molecule has 0 heterocycles. The first-order valence-electron chi connectivity index (χ1n) is 11.1. The van der Waals surface area contributed by atoms with Crippen LogP contribution in [0.5, 0.6) is 0 Å². The Hall–Kier alpha value is -1.90. The zero-order chi connectivity index (χ0) is 19.5. The average molecular weight is 372 g/mol. The summed E-state index contributed by atoms with van der Waals surface area (Å²) in [4.78, 5) is 0. The number of nitrogens with two attached hydrogens (primary N) is 2. The summed E-state index contributed by atoms with van der Waals surface area (Å²) in [7, 11) is 6.09. The molecular formula is C25H33BN2. The van der Waals surface area contributed by atoms with Gasteiger partial charge in [-0.1, -0.05) is 55.8 Å². The Bertz CT molecular complexity index is 749. The van der Waals surface area contributed by atoms with Crippen molar-refractivity contribution in [1.29, 1.82) is 0 Å². The molecule has 0 atom stereocenters. The van der Waals surface area contributed by atoms with Gasteiger partial charge >= 0.3 is 0 Å². The standard InChI is InChI=1S/C25H33BN2/c26-23-11-9-22(10-12-23)21-7-5-20(6-8-21)19-3-1-17(2-4-19)13-18-14-24(27)16-25(28)15-18/h1-4,14-16,20-23H,5-13,27-28H2. The van der Waals surface area contributed by atoms with Crippen molar-refractivity contribution in [1.82, 2.24) is 0 Å². The predicted octanol–water partition coefficient (Wildman–Crippen LogP) is 5.86. The molecule has 2 aliphatic rings. The second-order valence-electron chi connectivity index (χ2n) is 9.21. The molecule has 0 unspecified atom stereocenters. The Labute approximate surface area is 171 Å². The molecule has 2 fully saturated rings. The Morgan fingerprint density at radius 2 is 1.21 bits per heavy atom. The molecule has 0 bridgehead atoms. The van der Waals surface area contributed by atoms with Gasteiger partial charge in [0.1, 0.15) is 0 Å². The number of benzene rings is 2. The molecule has 0 saturated heterocycles. The minimum atomic E-state index is 0.467. The maximum absolute atomic E-state index is 6.09. The topological polar surface area (TPSA) is 52.0 Å². The lowest BCUT2D eigenvalue weighted by Crippen LogP contribution is -2.24. The van der Waals surface area contributed by atoms with Gasteiger partial charge in [0.15, 0.2) is 0 Å². The lowest BCUT2D eigenvalue weighted by Gasteiger charge is -2.37. The van der Waals surface area contributed by atoms with Crippen LogP contribution >= 0.6 is 0 Å². The summed E-state index contributed by atoms with van der Waals surface area (Å²) in [5, 5.41) is 0. The van der Waals surface area contributed by atoms with Crippen LogP contribution in [0.2, 0.25) is 5.82 Å².